The summed E-state index contributed by atoms with van der Waals surface area (Å²) in [4.78, 5) is 2.47. The van der Waals surface area contributed by atoms with Crippen LogP contribution in [0.3, 0.4) is 0 Å². The van der Waals surface area contributed by atoms with Gasteiger partial charge < -0.3 is 15.0 Å². The summed E-state index contributed by atoms with van der Waals surface area (Å²) in [5.74, 6) is 1.66. The van der Waals surface area contributed by atoms with Crippen molar-refractivity contribution >= 4 is 0 Å². The smallest absolute Gasteiger partial charge is 0.147 e. The molecule has 6 nitrogen and oxygen atoms in total. The van der Waals surface area contributed by atoms with Crippen molar-refractivity contribution in [2.45, 2.75) is 51.2 Å². The van der Waals surface area contributed by atoms with Gasteiger partial charge in [0.05, 0.1) is 13.2 Å². The van der Waals surface area contributed by atoms with E-state index in [0.29, 0.717) is 5.92 Å². The van der Waals surface area contributed by atoms with E-state index in [0.717, 1.165) is 51.4 Å². The molecule has 2 atom stereocenters. The molecule has 3 rings (SSSR count). The number of likely N-dealkylation sites (N-methyl/N-ethyl adjacent to an activating group) is 1. The van der Waals surface area contributed by atoms with Crippen molar-refractivity contribution in [3.63, 3.8) is 0 Å². The fraction of sp³-hybridized carbons (Fsp3) is 0.867. The van der Waals surface area contributed by atoms with Crippen LogP contribution in [0.15, 0.2) is 6.33 Å². The predicted octanol–water partition coefficient (Wildman–Crippen LogP) is 0.625. The molecule has 0 bridgehead atoms. The zero-order valence-electron chi connectivity index (χ0n) is 13.0. The van der Waals surface area contributed by atoms with E-state index in [-0.39, 0.29) is 12.1 Å². The maximum absolute atomic E-state index is 9.86. The number of nitrogens with zero attached hydrogens (tertiary/aromatic N) is 4. The van der Waals surface area contributed by atoms with Crippen molar-refractivity contribution in [1.82, 2.24) is 25.0 Å². The third-order valence-corrected chi connectivity index (χ3v) is 5.28. The van der Waals surface area contributed by atoms with Crippen molar-refractivity contribution in [1.29, 1.82) is 0 Å². The molecule has 1 aliphatic heterocycles. The Labute approximate surface area is 126 Å². The van der Waals surface area contributed by atoms with Crippen LogP contribution in [0.5, 0.6) is 0 Å². The average Bonchev–Trinajstić information content (AvgIpc) is 3.12. The van der Waals surface area contributed by atoms with E-state index in [4.69, 9.17) is 0 Å². The lowest BCUT2D eigenvalue weighted by Crippen LogP contribution is -2.52. The Kier molecular flexibility index (Phi) is 4.57. The van der Waals surface area contributed by atoms with Gasteiger partial charge in [0.25, 0.3) is 0 Å². The molecule has 1 aromatic rings. The van der Waals surface area contributed by atoms with Gasteiger partial charge in [-0.05, 0) is 38.3 Å². The minimum Gasteiger partial charge on any atom is -0.394 e. The zero-order chi connectivity index (χ0) is 14.7. The Hall–Kier alpha value is -0.980. The molecule has 0 amide bonds. The molecule has 1 aromatic heterocycles. The van der Waals surface area contributed by atoms with Crippen molar-refractivity contribution in [3.8, 4) is 0 Å². The van der Waals surface area contributed by atoms with Crippen LogP contribution >= 0.6 is 0 Å². The second kappa shape index (κ2) is 6.42. The number of hydrogen-bond acceptors (Lipinski definition) is 5. The van der Waals surface area contributed by atoms with E-state index < -0.39 is 0 Å². The topological polar surface area (TPSA) is 66.2 Å². The van der Waals surface area contributed by atoms with E-state index in [9.17, 15) is 5.11 Å². The van der Waals surface area contributed by atoms with Crippen LogP contribution in [-0.2, 0) is 13.1 Å². The summed E-state index contributed by atoms with van der Waals surface area (Å²) < 4.78 is 2.14. The molecule has 0 radical (unpaired) electrons. The number of aliphatic hydroxyl groups is 1. The molecule has 1 aliphatic carbocycles. The maximum Gasteiger partial charge on any atom is 0.147 e. The van der Waals surface area contributed by atoms with E-state index >= 15 is 0 Å². The molecule has 2 heterocycles. The fourth-order valence-corrected chi connectivity index (χ4v) is 4.06. The highest BCUT2D eigenvalue weighted by atomic mass is 16.3. The fourth-order valence-electron chi connectivity index (χ4n) is 4.06. The van der Waals surface area contributed by atoms with Gasteiger partial charge in [-0.1, -0.05) is 13.3 Å². The lowest BCUT2D eigenvalue weighted by Gasteiger charge is -2.36. The van der Waals surface area contributed by atoms with Crippen LogP contribution in [0.25, 0.3) is 0 Å². The summed E-state index contributed by atoms with van der Waals surface area (Å²) >= 11 is 0. The van der Waals surface area contributed by atoms with Crippen molar-refractivity contribution < 1.29 is 5.11 Å². The Bertz CT molecular complexity index is 463. The van der Waals surface area contributed by atoms with Crippen molar-refractivity contribution in [2.24, 2.45) is 5.92 Å². The normalized spacial score (nSPS) is 29.7. The van der Waals surface area contributed by atoms with E-state index in [1.54, 1.807) is 0 Å². The van der Waals surface area contributed by atoms with Gasteiger partial charge in [-0.15, -0.1) is 10.2 Å². The Morgan fingerprint density at radius 3 is 3.19 bits per heavy atom. The van der Waals surface area contributed by atoms with E-state index in [1.807, 2.05) is 6.33 Å². The highest BCUT2D eigenvalue weighted by molar-refractivity contribution is 4.99. The predicted molar refractivity (Wildman–Crippen MR) is 80.8 cm³/mol. The first-order valence-electron chi connectivity index (χ1n) is 8.22. The molecule has 1 fully saturated rings. The van der Waals surface area contributed by atoms with Gasteiger partial charge in [0.2, 0.25) is 0 Å². The highest BCUT2D eigenvalue weighted by Crippen LogP contribution is 2.37. The molecule has 21 heavy (non-hydrogen) atoms. The average molecular weight is 293 g/mol. The SMILES string of the molecule is CCNC1(CO)CCCC1CCN1CCn2cnnc2C1. The number of aliphatic hydroxyl groups excluding tert-OH is 1. The molecule has 0 saturated heterocycles. The van der Waals surface area contributed by atoms with Crippen LogP contribution in [-0.4, -0.2) is 56.6 Å². The largest absolute Gasteiger partial charge is 0.394 e. The summed E-state index contributed by atoms with van der Waals surface area (Å²) in [6.07, 6.45) is 6.55. The molecule has 0 aromatic carbocycles. The van der Waals surface area contributed by atoms with E-state index in [1.165, 1.54) is 12.8 Å². The lowest BCUT2D eigenvalue weighted by molar-refractivity contribution is 0.108. The third kappa shape index (κ3) is 2.98. The van der Waals surface area contributed by atoms with Gasteiger partial charge in [-0.3, -0.25) is 4.90 Å². The standard InChI is InChI=1S/C15H27N5O/c1-2-16-15(11-21)6-3-4-13(15)5-7-19-8-9-20-12-17-18-14(20)10-19/h12-13,16,21H,2-11H2,1H3. The molecule has 2 N–H and O–H groups in total. The van der Waals surface area contributed by atoms with Crippen LogP contribution in [0, 0.1) is 5.92 Å². The molecule has 2 unspecified atom stereocenters. The summed E-state index contributed by atoms with van der Waals surface area (Å²) in [7, 11) is 0. The van der Waals surface area contributed by atoms with Gasteiger partial charge in [0.15, 0.2) is 0 Å². The van der Waals surface area contributed by atoms with E-state index in [2.05, 4.69) is 31.9 Å². The first-order chi connectivity index (χ1) is 10.3. The number of fused-ring (bicyclic) bond motifs is 1. The molecule has 0 spiro atoms. The van der Waals surface area contributed by atoms with Crippen molar-refractivity contribution in [3.05, 3.63) is 12.2 Å². The lowest BCUT2D eigenvalue weighted by atomic mass is 9.85. The van der Waals surface area contributed by atoms with Gasteiger partial charge >= 0.3 is 0 Å². The maximum atomic E-state index is 9.86. The molecule has 6 heteroatoms. The summed E-state index contributed by atoms with van der Waals surface area (Å²) in [5.41, 5.74) is -0.0371. The Balaban J connectivity index is 1.55. The van der Waals surface area contributed by atoms with Gasteiger partial charge in [-0.25, -0.2) is 0 Å². The molecular weight excluding hydrogens is 266 g/mol. The van der Waals surface area contributed by atoms with Crippen molar-refractivity contribution in [2.75, 3.05) is 26.2 Å². The minimum absolute atomic E-state index is 0.0371. The number of hydrogen-bond donors (Lipinski definition) is 2. The zero-order valence-corrected chi connectivity index (χ0v) is 13.0. The quantitative estimate of drug-likeness (QED) is 0.805. The molecule has 2 aliphatic rings. The highest BCUT2D eigenvalue weighted by Gasteiger charge is 2.41. The first kappa shape index (κ1) is 14.9. The number of rotatable bonds is 6. The first-order valence-corrected chi connectivity index (χ1v) is 8.22. The van der Waals surface area contributed by atoms with Gasteiger partial charge in [-0.2, -0.15) is 0 Å². The summed E-state index contributed by atoms with van der Waals surface area (Å²) in [6, 6.07) is 0. The number of nitrogens with one attached hydrogen (secondary N) is 1. The minimum atomic E-state index is -0.0371. The van der Waals surface area contributed by atoms with Crippen LogP contribution < -0.4 is 5.32 Å². The van der Waals surface area contributed by atoms with Gasteiger partial charge in [0, 0.05) is 18.6 Å². The van der Waals surface area contributed by atoms with Gasteiger partial charge in [0.1, 0.15) is 12.2 Å². The Morgan fingerprint density at radius 1 is 1.48 bits per heavy atom. The molecule has 118 valence electrons. The molecular formula is C15H27N5O. The summed E-state index contributed by atoms with van der Waals surface area (Å²) in [6.45, 7) is 7.38. The molecule has 1 saturated carbocycles. The second-order valence-electron chi connectivity index (χ2n) is 6.44. The monoisotopic (exact) mass is 293 g/mol. The second-order valence-corrected chi connectivity index (χ2v) is 6.44. The third-order valence-electron chi connectivity index (χ3n) is 5.28. The van der Waals surface area contributed by atoms with Crippen LogP contribution in [0.4, 0.5) is 0 Å². The Morgan fingerprint density at radius 2 is 2.38 bits per heavy atom. The van der Waals surface area contributed by atoms with Crippen LogP contribution in [0.2, 0.25) is 0 Å². The number of aromatic nitrogens is 3. The van der Waals surface area contributed by atoms with Crippen LogP contribution in [0.1, 0.15) is 38.4 Å². The summed E-state index contributed by atoms with van der Waals surface area (Å²) in [5, 5.41) is 21.6.